The van der Waals surface area contributed by atoms with Gasteiger partial charge in [0.25, 0.3) is 5.91 Å². The minimum absolute atomic E-state index is 0.0760. The standard InChI is InChI=1S/C16H20BrFN2O3/c1-2-23-15(21)11-19-6-3-7-20(9-8-19)16(22)13-5-4-12(17)10-14(13)18/h4-5,10H,2-3,6-9,11H2,1H3. The van der Waals surface area contributed by atoms with E-state index in [0.29, 0.717) is 37.3 Å². The lowest BCUT2D eigenvalue weighted by atomic mass is 10.2. The molecule has 0 aromatic heterocycles. The molecule has 2 rings (SSSR count). The van der Waals surface area contributed by atoms with Crippen LogP contribution in [-0.2, 0) is 9.53 Å². The zero-order valence-corrected chi connectivity index (χ0v) is 14.6. The molecule has 0 aliphatic carbocycles. The number of halogens is 2. The maximum absolute atomic E-state index is 13.9. The molecule has 7 heteroatoms. The van der Waals surface area contributed by atoms with Gasteiger partial charge in [-0.25, -0.2) is 4.39 Å². The van der Waals surface area contributed by atoms with Gasteiger partial charge in [0.2, 0.25) is 0 Å². The summed E-state index contributed by atoms with van der Waals surface area (Å²) < 4.78 is 19.5. The van der Waals surface area contributed by atoms with Crippen LogP contribution in [0, 0.1) is 5.82 Å². The molecule has 1 fully saturated rings. The van der Waals surface area contributed by atoms with Gasteiger partial charge >= 0.3 is 5.97 Å². The molecule has 23 heavy (non-hydrogen) atoms. The van der Waals surface area contributed by atoms with Gasteiger partial charge in [-0.05, 0) is 31.5 Å². The van der Waals surface area contributed by atoms with Crippen molar-refractivity contribution in [1.82, 2.24) is 9.80 Å². The molecule has 0 radical (unpaired) electrons. The van der Waals surface area contributed by atoms with Crippen molar-refractivity contribution in [2.24, 2.45) is 0 Å². The lowest BCUT2D eigenvalue weighted by molar-refractivity contribution is -0.144. The van der Waals surface area contributed by atoms with E-state index in [1.165, 1.54) is 12.1 Å². The van der Waals surface area contributed by atoms with Crippen LogP contribution in [0.15, 0.2) is 22.7 Å². The van der Waals surface area contributed by atoms with Gasteiger partial charge in [-0.3, -0.25) is 14.5 Å². The van der Waals surface area contributed by atoms with E-state index in [1.807, 2.05) is 4.90 Å². The normalized spacial score (nSPS) is 16.0. The Balaban J connectivity index is 1.97. The van der Waals surface area contributed by atoms with Crippen LogP contribution in [0.5, 0.6) is 0 Å². The van der Waals surface area contributed by atoms with Crippen molar-refractivity contribution in [3.63, 3.8) is 0 Å². The Morgan fingerprint density at radius 1 is 1.26 bits per heavy atom. The molecule has 1 heterocycles. The SMILES string of the molecule is CCOC(=O)CN1CCCN(C(=O)c2ccc(Br)cc2F)CC1. The number of benzene rings is 1. The Kier molecular flexibility index (Phi) is 6.53. The summed E-state index contributed by atoms with van der Waals surface area (Å²) in [5, 5.41) is 0. The summed E-state index contributed by atoms with van der Waals surface area (Å²) in [7, 11) is 0. The largest absolute Gasteiger partial charge is 0.465 e. The molecule has 1 aliphatic heterocycles. The van der Waals surface area contributed by atoms with Crippen LogP contribution < -0.4 is 0 Å². The Morgan fingerprint density at radius 3 is 2.74 bits per heavy atom. The lowest BCUT2D eigenvalue weighted by Crippen LogP contribution is -2.37. The first-order chi connectivity index (χ1) is 11.0. The second-order valence-corrected chi connectivity index (χ2v) is 6.27. The number of hydrogen-bond donors (Lipinski definition) is 0. The maximum atomic E-state index is 13.9. The molecule has 1 aliphatic rings. The number of nitrogens with zero attached hydrogens (tertiary/aromatic N) is 2. The highest BCUT2D eigenvalue weighted by molar-refractivity contribution is 9.10. The number of carbonyl (C=O) groups excluding carboxylic acids is 2. The Hall–Kier alpha value is -1.47. The first-order valence-electron chi connectivity index (χ1n) is 7.63. The third-order valence-electron chi connectivity index (χ3n) is 3.70. The third kappa shape index (κ3) is 5.00. The number of ether oxygens (including phenoxy) is 1. The van der Waals surface area contributed by atoms with E-state index in [0.717, 1.165) is 6.42 Å². The molecular formula is C16H20BrFN2O3. The topological polar surface area (TPSA) is 49.9 Å². The molecule has 1 amide bonds. The van der Waals surface area contributed by atoms with Gasteiger partial charge in [0.1, 0.15) is 5.82 Å². The first kappa shape index (κ1) is 17.9. The van der Waals surface area contributed by atoms with Crippen LogP contribution in [0.1, 0.15) is 23.7 Å². The summed E-state index contributed by atoms with van der Waals surface area (Å²) in [5.74, 6) is -1.10. The monoisotopic (exact) mass is 386 g/mol. The van der Waals surface area contributed by atoms with Gasteiger partial charge in [-0.15, -0.1) is 0 Å². The van der Waals surface area contributed by atoms with E-state index in [2.05, 4.69) is 15.9 Å². The zero-order valence-electron chi connectivity index (χ0n) is 13.1. The zero-order chi connectivity index (χ0) is 16.8. The van der Waals surface area contributed by atoms with Crippen molar-refractivity contribution < 1.29 is 18.7 Å². The van der Waals surface area contributed by atoms with Crippen LogP contribution >= 0.6 is 15.9 Å². The van der Waals surface area contributed by atoms with Gasteiger partial charge in [-0.2, -0.15) is 0 Å². The fourth-order valence-corrected chi connectivity index (χ4v) is 2.89. The maximum Gasteiger partial charge on any atom is 0.320 e. The average Bonchev–Trinajstić information content (AvgIpc) is 2.72. The van der Waals surface area contributed by atoms with E-state index in [4.69, 9.17) is 4.74 Å². The third-order valence-corrected chi connectivity index (χ3v) is 4.19. The van der Waals surface area contributed by atoms with Crippen LogP contribution in [0.3, 0.4) is 0 Å². The smallest absolute Gasteiger partial charge is 0.320 e. The molecule has 1 aromatic carbocycles. The molecule has 126 valence electrons. The molecule has 0 bridgehead atoms. The van der Waals surface area contributed by atoms with Crippen LogP contribution in [0.4, 0.5) is 4.39 Å². The van der Waals surface area contributed by atoms with Gasteiger partial charge in [0.05, 0.1) is 18.7 Å². The Morgan fingerprint density at radius 2 is 2.04 bits per heavy atom. The fraction of sp³-hybridized carbons (Fsp3) is 0.500. The van der Waals surface area contributed by atoms with Crippen LogP contribution in [-0.4, -0.2) is 61.0 Å². The number of hydrogen-bond acceptors (Lipinski definition) is 4. The summed E-state index contributed by atoms with van der Waals surface area (Å²) in [4.78, 5) is 27.6. The summed E-state index contributed by atoms with van der Waals surface area (Å²) in [6, 6.07) is 4.43. The average molecular weight is 387 g/mol. The van der Waals surface area contributed by atoms with E-state index in [9.17, 15) is 14.0 Å². The van der Waals surface area contributed by atoms with Crippen molar-refractivity contribution in [3.05, 3.63) is 34.1 Å². The van der Waals surface area contributed by atoms with E-state index >= 15 is 0 Å². The second-order valence-electron chi connectivity index (χ2n) is 5.35. The number of carbonyl (C=O) groups is 2. The van der Waals surface area contributed by atoms with Gasteiger partial charge in [-0.1, -0.05) is 15.9 Å². The molecule has 5 nitrogen and oxygen atoms in total. The highest BCUT2D eigenvalue weighted by Crippen LogP contribution is 2.17. The predicted octanol–water partition coefficient (Wildman–Crippen LogP) is 2.30. The van der Waals surface area contributed by atoms with Gasteiger partial charge < -0.3 is 9.64 Å². The van der Waals surface area contributed by atoms with E-state index in [-0.39, 0.29) is 24.0 Å². The van der Waals surface area contributed by atoms with Crippen LogP contribution in [0.2, 0.25) is 0 Å². The molecule has 1 aromatic rings. The predicted molar refractivity (Wildman–Crippen MR) is 87.7 cm³/mol. The van der Waals surface area contributed by atoms with E-state index in [1.54, 1.807) is 17.9 Å². The van der Waals surface area contributed by atoms with Gasteiger partial charge in [0, 0.05) is 30.7 Å². The quantitative estimate of drug-likeness (QED) is 0.745. The minimum atomic E-state index is -0.531. The Bertz CT molecular complexity index is 582. The molecule has 0 saturated carbocycles. The lowest BCUT2D eigenvalue weighted by Gasteiger charge is -2.21. The molecule has 0 unspecified atom stereocenters. The number of esters is 1. The van der Waals surface area contributed by atoms with Crippen molar-refractivity contribution in [1.29, 1.82) is 0 Å². The second kappa shape index (κ2) is 8.40. The molecule has 0 spiro atoms. The summed E-state index contributed by atoms with van der Waals surface area (Å²) in [6.07, 6.45) is 0.739. The molecule has 0 atom stereocenters. The van der Waals surface area contributed by atoms with Crippen molar-refractivity contribution in [3.8, 4) is 0 Å². The summed E-state index contributed by atoms with van der Waals surface area (Å²) in [6.45, 7) is 4.66. The Labute approximate surface area is 143 Å². The molecule has 0 N–H and O–H groups in total. The fourth-order valence-electron chi connectivity index (χ4n) is 2.55. The summed E-state index contributed by atoms with van der Waals surface area (Å²) in [5.41, 5.74) is 0.0760. The minimum Gasteiger partial charge on any atom is -0.465 e. The van der Waals surface area contributed by atoms with Crippen LogP contribution in [0.25, 0.3) is 0 Å². The molecular weight excluding hydrogens is 367 g/mol. The number of rotatable bonds is 4. The highest BCUT2D eigenvalue weighted by atomic mass is 79.9. The first-order valence-corrected chi connectivity index (χ1v) is 8.43. The van der Waals surface area contributed by atoms with Crippen molar-refractivity contribution >= 4 is 27.8 Å². The molecule has 1 saturated heterocycles. The van der Waals surface area contributed by atoms with Gasteiger partial charge in [0.15, 0.2) is 0 Å². The van der Waals surface area contributed by atoms with E-state index < -0.39 is 5.82 Å². The van der Waals surface area contributed by atoms with Crippen molar-refractivity contribution in [2.75, 3.05) is 39.3 Å². The highest BCUT2D eigenvalue weighted by Gasteiger charge is 2.23. The number of amides is 1. The van der Waals surface area contributed by atoms with Crippen molar-refractivity contribution in [2.45, 2.75) is 13.3 Å². The summed E-state index contributed by atoms with van der Waals surface area (Å²) >= 11 is 3.18.